The third-order valence-electron chi connectivity index (χ3n) is 16.2. The summed E-state index contributed by atoms with van der Waals surface area (Å²) in [5, 5.41) is 5.07. The zero-order valence-corrected chi connectivity index (χ0v) is 41.4. The molecule has 0 saturated heterocycles. The Balaban J connectivity index is 0.948. The van der Waals surface area contributed by atoms with Gasteiger partial charge in [-0.1, -0.05) is 196 Å². The summed E-state index contributed by atoms with van der Waals surface area (Å²) < 4.78 is 5.09. The zero-order valence-electron chi connectivity index (χ0n) is 40.6. The van der Waals surface area contributed by atoms with Gasteiger partial charge in [0, 0.05) is 53.4 Å². The zero-order chi connectivity index (χ0) is 48.4. The van der Waals surface area contributed by atoms with Gasteiger partial charge in [-0.25, -0.2) is 0 Å². The molecule has 0 amide bonds. The average molecular weight is 949 g/mol. The van der Waals surface area contributed by atoms with Gasteiger partial charge in [0.15, 0.2) is 0 Å². The maximum Gasteiger partial charge on any atom is 0.0714 e. The molecule has 2 nitrogen and oxygen atoms in total. The Bertz CT molecular complexity index is 4310. The second-order valence-corrected chi connectivity index (χ2v) is 21.5. The Kier molecular flexibility index (Phi) is 9.12. The summed E-state index contributed by atoms with van der Waals surface area (Å²) in [5.41, 5.74) is 21.6. The number of thiophene rings is 1. The van der Waals surface area contributed by atoms with Crippen molar-refractivity contribution >= 4 is 70.4 Å². The summed E-state index contributed by atoms with van der Waals surface area (Å²) in [7, 11) is 0. The average Bonchev–Trinajstić information content (AvgIpc) is 4.15. The molecule has 0 N–H and O–H groups in total. The van der Waals surface area contributed by atoms with Crippen molar-refractivity contribution in [1.29, 1.82) is 0 Å². The van der Waals surface area contributed by atoms with Crippen molar-refractivity contribution in [2.45, 2.75) is 24.7 Å². The third-order valence-corrected chi connectivity index (χ3v) is 17.3. The highest BCUT2D eigenvalue weighted by Crippen LogP contribution is 2.58. The first-order valence-corrected chi connectivity index (χ1v) is 26.2. The highest BCUT2D eigenvalue weighted by Gasteiger charge is 2.46. The highest BCUT2D eigenvalue weighted by molar-refractivity contribution is 7.25. The molecule has 0 atom stereocenters. The fourth-order valence-electron chi connectivity index (χ4n) is 13.1. The Hall–Kier alpha value is -8.76. The quantitative estimate of drug-likeness (QED) is 0.155. The summed E-state index contributed by atoms with van der Waals surface area (Å²) >= 11 is 1.87. The van der Waals surface area contributed by atoms with Gasteiger partial charge in [-0.2, -0.15) is 0 Å². The van der Waals surface area contributed by atoms with E-state index >= 15 is 0 Å². The van der Waals surface area contributed by atoms with E-state index in [1.165, 1.54) is 114 Å². The second-order valence-electron chi connectivity index (χ2n) is 20.4. The van der Waals surface area contributed by atoms with Crippen LogP contribution in [0.5, 0.6) is 0 Å². The van der Waals surface area contributed by atoms with Crippen molar-refractivity contribution < 1.29 is 0 Å². The van der Waals surface area contributed by atoms with E-state index in [1.54, 1.807) is 0 Å². The molecule has 11 aromatic carbocycles. The molecule has 0 radical (unpaired) electrons. The molecule has 2 aliphatic rings. The van der Waals surface area contributed by atoms with Gasteiger partial charge < -0.3 is 9.47 Å². The van der Waals surface area contributed by atoms with Gasteiger partial charge in [0.05, 0.1) is 22.1 Å². The van der Waals surface area contributed by atoms with E-state index in [2.05, 4.69) is 278 Å². The predicted octanol–water partition coefficient (Wildman–Crippen LogP) is 19.0. The van der Waals surface area contributed by atoms with Crippen LogP contribution in [0.15, 0.2) is 255 Å². The van der Waals surface area contributed by atoms with E-state index in [-0.39, 0.29) is 5.41 Å². The van der Waals surface area contributed by atoms with Crippen molar-refractivity contribution in [3.63, 3.8) is 0 Å². The maximum absolute atomic E-state index is 2.52. The number of benzene rings is 11. The molecule has 344 valence electrons. The van der Waals surface area contributed by atoms with E-state index in [4.69, 9.17) is 0 Å². The van der Waals surface area contributed by atoms with Crippen LogP contribution in [-0.4, -0.2) is 4.57 Å². The number of fused-ring (bicyclic) bond motifs is 12. The Morgan fingerprint density at radius 1 is 0.370 bits per heavy atom. The molecule has 73 heavy (non-hydrogen) atoms. The van der Waals surface area contributed by atoms with Gasteiger partial charge in [-0.3, -0.25) is 0 Å². The molecular formula is C70H48N2S. The molecule has 2 heterocycles. The number of hydrogen-bond donors (Lipinski definition) is 0. The summed E-state index contributed by atoms with van der Waals surface area (Å²) in [4.78, 5) is 2.52. The number of rotatable bonds is 7. The summed E-state index contributed by atoms with van der Waals surface area (Å²) in [5.74, 6) is 0. The molecule has 3 heteroatoms. The molecule has 0 fully saturated rings. The summed E-state index contributed by atoms with van der Waals surface area (Å²) in [6, 6.07) is 95.3. The topological polar surface area (TPSA) is 8.17 Å². The van der Waals surface area contributed by atoms with Crippen molar-refractivity contribution in [2.75, 3.05) is 4.90 Å². The molecule has 15 rings (SSSR count). The smallest absolute Gasteiger partial charge is 0.0714 e. The number of nitrogens with zero attached hydrogens (tertiary/aromatic N) is 2. The molecule has 13 aromatic rings. The Morgan fingerprint density at radius 3 is 1.74 bits per heavy atom. The van der Waals surface area contributed by atoms with Gasteiger partial charge >= 0.3 is 0 Å². The van der Waals surface area contributed by atoms with Crippen LogP contribution in [0.25, 0.3) is 81.0 Å². The maximum atomic E-state index is 2.52. The molecule has 0 saturated carbocycles. The van der Waals surface area contributed by atoms with Crippen molar-refractivity contribution in [2.24, 2.45) is 0 Å². The lowest BCUT2D eigenvalue weighted by atomic mass is 9.67. The van der Waals surface area contributed by atoms with Crippen LogP contribution in [-0.2, 0) is 10.8 Å². The van der Waals surface area contributed by atoms with Crippen LogP contribution in [0.2, 0.25) is 0 Å². The number of para-hydroxylation sites is 2. The van der Waals surface area contributed by atoms with E-state index in [9.17, 15) is 0 Å². The number of aromatic nitrogens is 1. The minimum Gasteiger partial charge on any atom is -0.310 e. The minimum atomic E-state index is -0.494. The monoisotopic (exact) mass is 948 g/mol. The van der Waals surface area contributed by atoms with E-state index in [0.717, 1.165) is 17.1 Å². The first kappa shape index (κ1) is 42.0. The van der Waals surface area contributed by atoms with Crippen molar-refractivity contribution in [3.05, 3.63) is 288 Å². The van der Waals surface area contributed by atoms with E-state index < -0.39 is 5.41 Å². The van der Waals surface area contributed by atoms with Crippen molar-refractivity contribution in [3.8, 4) is 39.1 Å². The molecule has 0 aliphatic heterocycles. The van der Waals surface area contributed by atoms with Crippen molar-refractivity contribution in [1.82, 2.24) is 4.57 Å². The van der Waals surface area contributed by atoms with Crippen LogP contribution in [0, 0.1) is 0 Å². The molecule has 0 bridgehead atoms. The van der Waals surface area contributed by atoms with Gasteiger partial charge in [0.2, 0.25) is 0 Å². The van der Waals surface area contributed by atoms with E-state index in [1.807, 2.05) is 11.3 Å². The summed E-state index contributed by atoms with van der Waals surface area (Å²) in [6.07, 6.45) is 0. The number of hydrogen-bond acceptors (Lipinski definition) is 2. The van der Waals surface area contributed by atoms with Gasteiger partial charge in [0.1, 0.15) is 0 Å². The van der Waals surface area contributed by atoms with E-state index in [0.29, 0.717) is 0 Å². The normalized spacial score (nSPS) is 13.8. The minimum absolute atomic E-state index is 0.248. The predicted molar refractivity (Wildman–Crippen MR) is 309 cm³/mol. The molecule has 0 unspecified atom stereocenters. The lowest BCUT2D eigenvalue weighted by Gasteiger charge is -2.34. The molecule has 0 spiro atoms. The van der Waals surface area contributed by atoms with Crippen LogP contribution < -0.4 is 4.90 Å². The standard InChI is InChI=1S/C70H48N2S/c1-69(2)60-30-16-12-27-53(60)59-41-46(42-65(68(59)69)71(49-24-10-5-11-25-49)51-36-38-57-56-29-15-19-33-66(56)73-67(57)44-51)45-34-39-64-58(40-45)55-28-14-18-32-63(55)72(64)50-35-37-54-52-26-13-17-31-61(52)70(62(54)43-50,47-20-6-3-7-21-47)48-22-8-4-9-23-48/h3-44H,1-2H3. The van der Waals surface area contributed by atoms with Gasteiger partial charge in [-0.05, 0) is 140 Å². The van der Waals surface area contributed by atoms with Crippen LogP contribution in [0.1, 0.15) is 47.2 Å². The molecule has 2 aromatic heterocycles. The summed E-state index contributed by atoms with van der Waals surface area (Å²) in [6.45, 7) is 4.81. The molecular weight excluding hydrogens is 901 g/mol. The van der Waals surface area contributed by atoms with Gasteiger partial charge in [0.25, 0.3) is 0 Å². The Morgan fingerprint density at radius 2 is 0.973 bits per heavy atom. The lowest BCUT2D eigenvalue weighted by molar-refractivity contribution is 0.661. The van der Waals surface area contributed by atoms with Crippen LogP contribution in [0.4, 0.5) is 17.1 Å². The molecule has 2 aliphatic carbocycles. The van der Waals surface area contributed by atoms with Crippen LogP contribution >= 0.6 is 11.3 Å². The van der Waals surface area contributed by atoms with Gasteiger partial charge in [-0.15, -0.1) is 11.3 Å². The SMILES string of the molecule is CC1(C)c2ccccc2-c2cc(-c3ccc4c(c3)c3ccccc3n4-c3ccc4c(c3)C(c3ccccc3)(c3ccccc3)c3ccccc3-4)cc(N(c3ccccc3)c3ccc4c(c3)sc3ccccc34)c21. The van der Waals surface area contributed by atoms with Crippen LogP contribution in [0.3, 0.4) is 0 Å². The fourth-order valence-corrected chi connectivity index (χ4v) is 14.2. The number of anilines is 3. The first-order chi connectivity index (χ1) is 36.0. The second kappa shape index (κ2) is 15.9. The lowest BCUT2D eigenvalue weighted by Crippen LogP contribution is -2.28. The first-order valence-electron chi connectivity index (χ1n) is 25.4. The Labute approximate surface area is 429 Å². The third kappa shape index (κ3) is 6.04. The fraction of sp³-hybridized carbons (Fsp3) is 0.0571. The highest BCUT2D eigenvalue weighted by atomic mass is 32.1. The largest absolute Gasteiger partial charge is 0.310 e.